The Morgan fingerprint density at radius 3 is 2.61 bits per heavy atom. The number of non-ortho nitro benzene ring substituents is 1. The number of alkyl halides is 1. The second-order valence-corrected chi connectivity index (χ2v) is 5.48. The van der Waals surface area contributed by atoms with E-state index in [1.54, 1.807) is 23.5 Å². The third kappa shape index (κ3) is 3.05. The SMILES string of the molecule is Cc1nc(C(Cl)Cc2ccc([N+](=O)[O-])cc2)cs1. The first-order valence-electron chi connectivity index (χ1n) is 5.35. The van der Waals surface area contributed by atoms with E-state index in [-0.39, 0.29) is 11.1 Å². The Labute approximate surface area is 113 Å². The number of aromatic nitrogens is 1. The first-order chi connectivity index (χ1) is 8.56. The highest BCUT2D eigenvalue weighted by atomic mass is 35.5. The van der Waals surface area contributed by atoms with Gasteiger partial charge in [-0.3, -0.25) is 10.1 Å². The smallest absolute Gasteiger partial charge is 0.258 e. The van der Waals surface area contributed by atoms with E-state index in [0.717, 1.165) is 16.3 Å². The van der Waals surface area contributed by atoms with E-state index < -0.39 is 4.92 Å². The third-order valence-corrected chi connectivity index (χ3v) is 3.69. The molecule has 0 amide bonds. The number of hydrogen-bond donors (Lipinski definition) is 0. The van der Waals surface area contributed by atoms with Crippen LogP contribution in [0.5, 0.6) is 0 Å². The van der Waals surface area contributed by atoms with Crippen LogP contribution in [-0.2, 0) is 6.42 Å². The molecule has 0 radical (unpaired) electrons. The van der Waals surface area contributed by atoms with Crippen LogP contribution in [0.1, 0.15) is 21.6 Å². The van der Waals surface area contributed by atoms with Gasteiger partial charge in [0.05, 0.1) is 21.0 Å². The standard InChI is InChI=1S/C12H11ClN2O2S/c1-8-14-12(7-18-8)11(13)6-9-2-4-10(5-3-9)15(16)17/h2-5,7,11H,6H2,1H3. The molecule has 94 valence electrons. The first-order valence-corrected chi connectivity index (χ1v) is 6.67. The molecule has 0 spiro atoms. The van der Waals surface area contributed by atoms with Gasteiger partial charge in [-0.05, 0) is 18.9 Å². The molecular weight excluding hydrogens is 272 g/mol. The van der Waals surface area contributed by atoms with Gasteiger partial charge in [0.25, 0.3) is 5.69 Å². The number of thiazole rings is 1. The van der Waals surface area contributed by atoms with Crippen molar-refractivity contribution >= 4 is 28.6 Å². The van der Waals surface area contributed by atoms with E-state index in [1.807, 2.05) is 12.3 Å². The molecule has 2 rings (SSSR count). The summed E-state index contributed by atoms with van der Waals surface area (Å²) in [5.41, 5.74) is 1.91. The maximum Gasteiger partial charge on any atom is 0.269 e. The van der Waals surface area contributed by atoms with E-state index in [0.29, 0.717) is 6.42 Å². The molecule has 1 unspecified atom stereocenters. The van der Waals surface area contributed by atoms with Crippen LogP contribution < -0.4 is 0 Å². The van der Waals surface area contributed by atoms with Gasteiger partial charge in [-0.1, -0.05) is 12.1 Å². The van der Waals surface area contributed by atoms with Gasteiger partial charge in [-0.2, -0.15) is 0 Å². The number of benzene rings is 1. The highest BCUT2D eigenvalue weighted by Gasteiger charge is 2.13. The Morgan fingerprint density at radius 1 is 1.44 bits per heavy atom. The second-order valence-electron chi connectivity index (χ2n) is 3.89. The molecule has 1 heterocycles. The Morgan fingerprint density at radius 2 is 2.11 bits per heavy atom. The van der Waals surface area contributed by atoms with Crippen LogP contribution in [-0.4, -0.2) is 9.91 Å². The molecule has 0 saturated carbocycles. The predicted octanol–water partition coefficient (Wildman–Crippen LogP) is 3.88. The lowest BCUT2D eigenvalue weighted by atomic mass is 10.1. The molecule has 1 aromatic carbocycles. The summed E-state index contributed by atoms with van der Waals surface area (Å²) in [5.74, 6) is 0. The molecular formula is C12H11ClN2O2S. The number of rotatable bonds is 4. The highest BCUT2D eigenvalue weighted by Crippen LogP contribution is 2.26. The minimum absolute atomic E-state index is 0.0920. The predicted molar refractivity (Wildman–Crippen MR) is 72.2 cm³/mol. The summed E-state index contributed by atoms with van der Waals surface area (Å²) in [4.78, 5) is 14.4. The monoisotopic (exact) mass is 282 g/mol. The third-order valence-electron chi connectivity index (χ3n) is 2.52. The molecule has 1 aromatic heterocycles. The van der Waals surface area contributed by atoms with Crippen LogP contribution in [0, 0.1) is 17.0 Å². The zero-order valence-electron chi connectivity index (χ0n) is 9.67. The lowest BCUT2D eigenvalue weighted by molar-refractivity contribution is -0.384. The summed E-state index contributed by atoms with van der Waals surface area (Å²) in [7, 11) is 0. The van der Waals surface area contributed by atoms with E-state index in [9.17, 15) is 10.1 Å². The van der Waals surface area contributed by atoms with Crippen molar-refractivity contribution in [3.05, 3.63) is 56.0 Å². The van der Waals surface area contributed by atoms with Crippen molar-refractivity contribution in [3.8, 4) is 0 Å². The number of halogens is 1. The largest absolute Gasteiger partial charge is 0.269 e. The van der Waals surface area contributed by atoms with Crippen LogP contribution in [0.3, 0.4) is 0 Å². The van der Waals surface area contributed by atoms with Gasteiger partial charge in [0, 0.05) is 17.5 Å². The Balaban J connectivity index is 2.07. The summed E-state index contributed by atoms with van der Waals surface area (Å²) in [6, 6.07) is 6.44. The van der Waals surface area contributed by atoms with Gasteiger partial charge in [-0.25, -0.2) is 4.98 Å². The molecule has 18 heavy (non-hydrogen) atoms. The number of nitro benzene ring substituents is 1. The van der Waals surface area contributed by atoms with Crippen LogP contribution in [0.15, 0.2) is 29.6 Å². The van der Waals surface area contributed by atoms with E-state index in [4.69, 9.17) is 11.6 Å². The lowest BCUT2D eigenvalue weighted by Crippen LogP contribution is -1.97. The molecule has 0 fully saturated rings. The van der Waals surface area contributed by atoms with Crippen molar-refractivity contribution in [2.24, 2.45) is 0 Å². The minimum atomic E-state index is -0.411. The molecule has 0 aliphatic carbocycles. The zero-order chi connectivity index (χ0) is 13.1. The normalized spacial score (nSPS) is 12.3. The average Bonchev–Trinajstić information content (AvgIpc) is 2.76. The summed E-state index contributed by atoms with van der Waals surface area (Å²) in [5, 5.41) is 13.3. The molecule has 4 nitrogen and oxygen atoms in total. The fourth-order valence-electron chi connectivity index (χ4n) is 1.59. The number of nitrogens with zero attached hydrogens (tertiary/aromatic N) is 2. The van der Waals surface area contributed by atoms with E-state index in [2.05, 4.69) is 4.98 Å². The van der Waals surface area contributed by atoms with Gasteiger partial charge in [0.2, 0.25) is 0 Å². The quantitative estimate of drug-likeness (QED) is 0.486. The average molecular weight is 283 g/mol. The van der Waals surface area contributed by atoms with Gasteiger partial charge in [-0.15, -0.1) is 22.9 Å². The van der Waals surface area contributed by atoms with Gasteiger partial charge in [0.1, 0.15) is 0 Å². The number of nitro groups is 1. The maximum atomic E-state index is 10.5. The summed E-state index contributed by atoms with van der Waals surface area (Å²) >= 11 is 7.83. The second kappa shape index (κ2) is 5.46. The van der Waals surface area contributed by atoms with E-state index >= 15 is 0 Å². The van der Waals surface area contributed by atoms with Crippen LogP contribution in [0.2, 0.25) is 0 Å². The number of aryl methyl sites for hydroxylation is 1. The lowest BCUT2D eigenvalue weighted by Gasteiger charge is -2.06. The van der Waals surface area contributed by atoms with Crippen LogP contribution in [0.4, 0.5) is 5.69 Å². The topological polar surface area (TPSA) is 56.0 Å². The Hall–Kier alpha value is -1.46. The molecule has 2 aromatic rings. The van der Waals surface area contributed by atoms with Crippen molar-refractivity contribution in [2.75, 3.05) is 0 Å². The Kier molecular flexibility index (Phi) is 3.93. The maximum absolute atomic E-state index is 10.5. The fourth-order valence-corrected chi connectivity index (χ4v) is 2.62. The van der Waals surface area contributed by atoms with Crippen molar-refractivity contribution in [3.63, 3.8) is 0 Å². The first kappa shape index (κ1) is 13.0. The number of hydrogen-bond acceptors (Lipinski definition) is 4. The molecule has 0 saturated heterocycles. The fraction of sp³-hybridized carbons (Fsp3) is 0.250. The van der Waals surface area contributed by atoms with Gasteiger partial charge < -0.3 is 0 Å². The molecule has 0 bridgehead atoms. The molecule has 0 aliphatic rings. The Bertz CT molecular complexity index is 553. The van der Waals surface area contributed by atoms with Crippen molar-refractivity contribution in [2.45, 2.75) is 18.7 Å². The summed E-state index contributed by atoms with van der Waals surface area (Å²) in [6.45, 7) is 1.93. The summed E-state index contributed by atoms with van der Waals surface area (Å²) in [6.07, 6.45) is 0.614. The van der Waals surface area contributed by atoms with Crippen molar-refractivity contribution in [1.29, 1.82) is 0 Å². The van der Waals surface area contributed by atoms with Gasteiger partial charge in [0.15, 0.2) is 0 Å². The van der Waals surface area contributed by atoms with Crippen molar-refractivity contribution < 1.29 is 4.92 Å². The van der Waals surface area contributed by atoms with Gasteiger partial charge >= 0.3 is 0 Å². The highest BCUT2D eigenvalue weighted by molar-refractivity contribution is 7.09. The molecule has 6 heteroatoms. The summed E-state index contributed by atoms with van der Waals surface area (Å²) < 4.78 is 0. The van der Waals surface area contributed by atoms with E-state index in [1.165, 1.54) is 12.1 Å². The molecule has 1 atom stereocenters. The molecule has 0 N–H and O–H groups in total. The van der Waals surface area contributed by atoms with Crippen LogP contribution >= 0.6 is 22.9 Å². The van der Waals surface area contributed by atoms with Crippen molar-refractivity contribution in [1.82, 2.24) is 4.98 Å². The minimum Gasteiger partial charge on any atom is -0.258 e. The molecule has 0 aliphatic heterocycles. The zero-order valence-corrected chi connectivity index (χ0v) is 11.2. The van der Waals surface area contributed by atoms with Crippen LogP contribution in [0.25, 0.3) is 0 Å².